The fourth-order valence-electron chi connectivity index (χ4n) is 2.37. The first-order valence-electron chi connectivity index (χ1n) is 6.89. The minimum Gasteiger partial charge on any atom is -0.481 e. The number of benzene rings is 1. The van der Waals surface area contributed by atoms with Gasteiger partial charge in [-0.1, -0.05) is 18.2 Å². The molecule has 0 unspecified atom stereocenters. The summed E-state index contributed by atoms with van der Waals surface area (Å²) in [5.74, 6) is 0.380. The third-order valence-corrected chi connectivity index (χ3v) is 4.98. The lowest BCUT2D eigenvalue weighted by molar-refractivity contribution is 0.397. The summed E-state index contributed by atoms with van der Waals surface area (Å²) in [6.07, 6.45) is 1.29. The highest BCUT2D eigenvalue weighted by molar-refractivity contribution is 7.89. The highest BCUT2D eigenvalue weighted by Crippen LogP contribution is 2.18. The lowest BCUT2D eigenvalue weighted by Gasteiger charge is -2.08. The van der Waals surface area contributed by atoms with Crippen LogP contribution in [-0.2, 0) is 29.7 Å². The van der Waals surface area contributed by atoms with Gasteiger partial charge < -0.3 is 10.1 Å². The van der Waals surface area contributed by atoms with E-state index in [0.717, 1.165) is 18.7 Å². The van der Waals surface area contributed by atoms with Gasteiger partial charge in [-0.3, -0.25) is 0 Å². The summed E-state index contributed by atoms with van der Waals surface area (Å²) >= 11 is 0. The molecule has 2 aromatic rings. The average Bonchev–Trinajstić information content (AvgIpc) is 3.01. The average molecular weight is 356 g/mol. The number of sulfonamides is 1. The number of hydrogen-bond donors (Lipinski definition) is 2. The zero-order valence-electron chi connectivity index (χ0n) is 12.6. The molecule has 1 aliphatic rings. The number of halogens is 1. The number of nitrogens with zero attached hydrogens (tertiary/aromatic N) is 1. The Morgan fingerprint density at radius 3 is 2.70 bits per heavy atom. The van der Waals surface area contributed by atoms with Gasteiger partial charge in [0.2, 0.25) is 15.9 Å². The minimum atomic E-state index is -3.58. The van der Waals surface area contributed by atoms with Gasteiger partial charge in [0.25, 0.3) is 0 Å². The van der Waals surface area contributed by atoms with E-state index in [4.69, 9.17) is 4.74 Å². The first-order chi connectivity index (χ1) is 10.6. The van der Waals surface area contributed by atoms with Crippen molar-refractivity contribution in [2.45, 2.75) is 24.5 Å². The summed E-state index contributed by atoms with van der Waals surface area (Å²) in [7, 11) is -2.10. The van der Waals surface area contributed by atoms with E-state index in [1.807, 2.05) is 18.2 Å². The Kier molecular flexibility index (Phi) is 5.59. The van der Waals surface area contributed by atoms with E-state index >= 15 is 0 Å². The number of pyridine rings is 1. The van der Waals surface area contributed by atoms with Crippen molar-refractivity contribution in [2.75, 3.05) is 7.11 Å². The number of methoxy groups -OCH3 is 1. The van der Waals surface area contributed by atoms with Crippen LogP contribution >= 0.6 is 12.4 Å². The van der Waals surface area contributed by atoms with Gasteiger partial charge in [-0.2, -0.15) is 0 Å². The van der Waals surface area contributed by atoms with Crippen LogP contribution in [0.2, 0.25) is 0 Å². The number of fused-ring (bicyclic) bond motifs is 1. The smallest absolute Gasteiger partial charge is 0.242 e. The second-order valence-electron chi connectivity index (χ2n) is 5.07. The number of aromatic nitrogens is 1. The molecule has 0 radical (unpaired) electrons. The van der Waals surface area contributed by atoms with Crippen LogP contribution in [-0.4, -0.2) is 20.5 Å². The number of nitrogens with one attached hydrogen (secondary N) is 2. The number of hydrogen-bond acceptors (Lipinski definition) is 5. The molecule has 0 saturated heterocycles. The van der Waals surface area contributed by atoms with Crippen LogP contribution in [0.5, 0.6) is 5.88 Å². The van der Waals surface area contributed by atoms with Crippen molar-refractivity contribution in [1.29, 1.82) is 0 Å². The van der Waals surface area contributed by atoms with Gasteiger partial charge in [0.1, 0.15) is 4.90 Å². The molecule has 23 heavy (non-hydrogen) atoms. The molecule has 0 bridgehead atoms. The molecule has 6 nitrogen and oxygen atoms in total. The van der Waals surface area contributed by atoms with Crippen molar-refractivity contribution in [3.8, 4) is 5.88 Å². The molecule has 2 heterocycles. The third-order valence-electron chi connectivity index (χ3n) is 3.60. The van der Waals surface area contributed by atoms with E-state index in [1.54, 1.807) is 0 Å². The van der Waals surface area contributed by atoms with Gasteiger partial charge in [0, 0.05) is 25.7 Å². The first kappa shape index (κ1) is 17.7. The topological polar surface area (TPSA) is 80.3 Å². The number of ether oxygens (including phenoxy) is 1. The summed E-state index contributed by atoms with van der Waals surface area (Å²) < 4.78 is 32.0. The Labute approximate surface area is 141 Å². The lowest BCUT2D eigenvalue weighted by atomic mass is 10.1. The Bertz CT molecular complexity index is 779. The zero-order valence-corrected chi connectivity index (χ0v) is 14.2. The van der Waals surface area contributed by atoms with Crippen molar-refractivity contribution in [2.24, 2.45) is 0 Å². The lowest BCUT2D eigenvalue weighted by Crippen LogP contribution is -2.23. The summed E-state index contributed by atoms with van der Waals surface area (Å²) in [6.45, 7) is 1.96. The highest BCUT2D eigenvalue weighted by atomic mass is 35.5. The molecular weight excluding hydrogens is 338 g/mol. The number of rotatable bonds is 5. The molecule has 124 valence electrons. The quantitative estimate of drug-likeness (QED) is 0.851. The van der Waals surface area contributed by atoms with E-state index in [0.29, 0.717) is 5.88 Å². The van der Waals surface area contributed by atoms with Gasteiger partial charge in [-0.05, 0) is 22.8 Å². The van der Waals surface area contributed by atoms with Gasteiger partial charge in [0.05, 0.1) is 13.3 Å². The molecule has 1 aromatic carbocycles. The Balaban J connectivity index is 0.00000192. The second kappa shape index (κ2) is 7.27. The van der Waals surface area contributed by atoms with Crippen molar-refractivity contribution >= 4 is 22.4 Å². The van der Waals surface area contributed by atoms with Crippen LogP contribution in [0.1, 0.15) is 16.7 Å². The first-order valence-corrected chi connectivity index (χ1v) is 8.38. The SMILES string of the molecule is COc1ccc(S(=O)(=O)NCc2ccc3c(c2)CNC3)cn1.Cl. The van der Waals surface area contributed by atoms with Gasteiger partial charge in [-0.15, -0.1) is 12.4 Å². The van der Waals surface area contributed by atoms with Crippen LogP contribution < -0.4 is 14.8 Å². The van der Waals surface area contributed by atoms with E-state index in [-0.39, 0.29) is 23.8 Å². The van der Waals surface area contributed by atoms with Crippen molar-refractivity contribution in [1.82, 2.24) is 15.0 Å². The molecule has 3 rings (SSSR count). The van der Waals surface area contributed by atoms with Crippen molar-refractivity contribution < 1.29 is 13.2 Å². The van der Waals surface area contributed by atoms with Crippen LogP contribution in [0.15, 0.2) is 41.4 Å². The maximum Gasteiger partial charge on any atom is 0.242 e. The molecule has 0 fully saturated rings. The van der Waals surface area contributed by atoms with Gasteiger partial charge in [-0.25, -0.2) is 18.1 Å². The molecule has 0 atom stereocenters. The summed E-state index contributed by atoms with van der Waals surface area (Å²) in [4.78, 5) is 4.04. The van der Waals surface area contributed by atoms with Crippen LogP contribution in [0.4, 0.5) is 0 Å². The Morgan fingerprint density at radius 2 is 2.00 bits per heavy atom. The van der Waals surface area contributed by atoms with Crippen LogP contribution in [0, 0.1) is 0 Å². The van der Waals surface area contributed by atoms with E-state index in [1.165, 1.54) is 36.6 Å². The molecule has 1 aromatic heterocycles. The Morgan fingerprint density at radius 1 is 1.22 bits per heavy atom. The minimum absolute atomic E-state index is 0. The van der Waals surface area contributed by atoms with E-state index in [9.17, 15) is 8.42 Å². The predicted molar refractivity (Wildman–Crippen MR) is 89.0 cm³/mol. The Hall–Kier alpha value is -1.67. The standard InChI is InChI=1S/C15H17N3O3S.ClH/c1-21-15-5-4-14(10-17-15)22(19,20)18-7-11-2-3-12-8-16-9-13(12)6-11;/h2-6,10,16,18H,7-9H2,1H3;1H. The van der Waals surface area contributed by atoms with Gasteiger partial charge >= 0.3 is 0 Å². The largest absolute Gasteiger partial charge is 0.481 e. The molecule has 1 aliphatic heterocycles. The molecule has 0 saturated carbocycles. The normalized spacial score (nSPS) is 13.3. The summed E-state index contributed by atoms with van der Waals surface area (Å²) in [6, 6.07) is 9.01. The third kappa shape index (κ3) is 4.00. The maximum atomic E-state index is 12.2. The summed E-state index contributed by atoms with van der Waals surface area (Å²) in [5.41, 5.74) is 3.43. The zero-order chi connectivity index (χ0) is 15.6. The van der Waals surface area contributed by atoms with Crippen molar-refractivity contribution in [3.05, 3.63) is 53.2 Å². The monoisotopic (exact) mass is 355 g/mol. The van der Waals surface area contributed by atoms with E-state index < -0.39 is 10.0 Å². The molecule has 2 N–H and O–H groups in total. The van der Waals surface area contributed by atoms with Crippen LogP contribution in [0.3, 0.4) is 0 Å². The van der Waals surface area contributed by atoms with Crippen LogP contribution in [0.25, 0.3) is 0 Å². The molecule has 0 spiro atoms. The predicted octanol–water partition coefficient (Wildman–Crippen LogP) is 1.59. The fraction of sp³-hybridized carbons (Fsp3) is 0.267. The fourth-order valence-corrected chi connectivity index (χ4v) is 3.33. The summed E-state index contributed by atoms with van der Waals surface area (Å²) in [5, 5.41) is 3.27. The highest BCUT2D eigenvalue weighted by Gasteiger charge is 2.15. The molecular formula is C15H18ClN3O3S. The molecule has 0 aliphatic carbocycles. The van der Waals surface area contributed by atoms with Crippen molar-refractivity contribution in [3.63, 3.8) is 0 Å². The maximum absolute atomic E-state index is 12.2. The van der Waals surface area contributed by atoms with Gasteiger partial charge in [0.15, 0.2) is 0 Å². The molecule has 0 amide bonds. The van der Waals surface area contributed by atoms with E-state index in [2.05, 4.69) is 15.0 Å². The second-order valence-corrected chi connectivity index (χ2v) is 6.83. The molecule has 8 heteroatoms.